The van der Waals surface area contributed by atoms with Crippen molar-refractivity contribution in [2.24, 2.45) is 13.0 Å². The average Bonchev–Trinajstić information content (AvgIpc) is 2.95. The van der Waals surface area contributed by atoms with Crippen LogP contribution in [0.25, 0.3) is 0 Å². The van der Waals surface area contributed by atoms with Crippen LogP contribution in [-0.4, -0.2) is 15.4 Å². The van der Waals surface area contributed by atoms with Gasteiger partial charge in [-0.05, 0) is 30.9 Å². The van der Waals surface area contributed by atoms with Gasteiger partial charge in [0.2, 0.25) is 5.91 Å². The minimum atomic E-state index is -0.164. The lowest BCUT2D eigenvalue weighted by Gasteiger charge is -2.24. The van der Waals surface area contributed by atoms with Gasteiger partial charge in [0, 0.05) is 25.2 Å². The molecule has 1 aromatic heterocycles. The van der Waals surface area contributed by atoms with Crippen molar-refractivity contribution in [3.05, 3.63) is 32.2 Å². The summed E-state index contributed by atoms with van der Waals surface area (Å²) in [6.07, 6.45) is 8.10. The second-order valence-corrected chi connectivity index (χ2v) is 7.34. The summed E-state index contributed by atoms with van der Waals surface area (Å²) in [7, 11) is 1.75. The minimum Gasteiger partial charge on any atom is -0.332 e. The molecule has 0 unspecified atom stereocenters. The third-order valence-electron chi connectivity index (χ3n) is 5.48. The van der Waals surface area contributed by atoms with Crippen LogP contribution in [-0.2, 0) is 24.9 Å². The summed E-state index contributed by atoms with van der Waals surface area (Å²) in [6, 6.07) is 0. The van der Waals surface area contributed by atoms with Crippen molar-refractivity contribution in [1.29, 1.82) is 0 Å². The first kappa shape index (κ1) is 16.6. The maximum atomic E-state index is 12.9. The molecule has 0 N–H and O–H groups in total. The largest absolute Gasteiger partial charge is 0.332 e. The van der Waals surface area contributed by atoms with Gasteiger partial charge in [-0.15, -0.1) is 0 Å². The molecule has 0 atom stereocenters. The Kier molecular flexibility index (Phi) is 4.81. The molecule has 1 fully saturated rings. The van der Waals surface area contributed by atoms with Gasteiger partial charge in [-0.1, -0.05) is 43.7 Å². The molecule has 2 aliphatic rings. The van der Waals surface area contributed by atoms with Crippen LogP contribution in [0.1, 0.15) is 61.8 Å². The van der Waals surface area contributed by atoms with Crippen LogP contribution >= 0.6 is 11.6 Å². The molecule has 1 aliphatic carbocycles. The number of pyridine rings is 1. The van der Waals surface area contributed by atoms with Crippen molar-refractivity contribution in [3.8, 4) is 0 Å². The highest BCUT2D eigenvalue weighted by atomic mass is 35.5. The van der Waals surface area contributed by atoms with Gasteiger partial charge in [-0.25, -0.2) is 0 Å². The number of rotatable bonds is 1. The van der Waals surface area contributed by atoms with Crippen LogP contribution in [0.15, 0.2) is 4.79 Å². The Morgan fingerprint density at radius 2 is 1.70 bits per heavy atom. The molecular weight excluding hydrogens is 312 g/mol. The molecule has 3 rings (SSSR count). The van der Waals surface area contributed by atoms with Crippen molar-refractivity contribution in [3.63, 3.8) is 0 Å². The fourth-order valence-electron chi connectivity index (χ4n) is 3.94. The number of aromatic nitrogens is 1. The lowest BCUT2D eigenvalue weighted by Crippen LogP contribution is -2.32. The predicted octanol–water partition coefficient (Wildman–Crippen LogP) is 3.55. The first-order valence-electron chi connectivity index (χ1n) is 8.66. The lowest BCUT2D eigenvalue weighted by atomic mass is 9.90. The molecule has 1 amide bonds. The fourth-order valence-corrected chi connectivity index (χ4v) is 4.18. The van der Waals surface area contributed by atoms with E-state index in [9.17, 15) is 9.59 Å². The normalized spacial score (nSPS) is 19.3. The quantitative estimate of drug-likeness (QED) is 0.787. The van der Waals surface area contributed by atoms with Crippen molar-refractivity contribution in [2.75, 3.05) is 0 Å². The molecule has 23 heavy (non-hydrogen) atoms. The predicted molar refractivity (Wildman–Crippen MR) is 91.5 cm³/mol. The van der Waals surface area contributed by atoms with E-state index >= 15 is 0 Å². The summed E-state index contributed by atoms with van der Waals surface area (Å²) < 4.78 is 1.61. The number of carbonyl (C=O) groups excluding carboxylic acids is 1. The van der Waals surface area contributed by atoms with Crippen LogP contribution in [0.3, 0.4) is 0 Å². The number of halogens is 1. The van der Waals surface area contributed by atoms with Crippen molar-refractivity contribution >= 4 is 17.5 Å². The van der Waals surface area contributed by atoms with Crippen LogP contribution in [0.5, 0.6) is 0 Å². The molecule has 126 valence electrons. The average molecular weight is 337 g/mol. The van der Waals surface area contributed by atoms with Crippen LogP contribution in [0.4, 0.5) is 0 Å². The summed E-state index contributed by atoms with van der Waals surface area (Å²) >= 11 is 6.15. The van der Waals surface area contributed by atoms with Gasteiger partial charge in [-0.3, -0.25) is 9.59 Å². The third kappa shape index (κ3) is 3.06. The van der Waals surface area contributed by atoms with E-state index in [1.807, 2.05) is 11.8 Å². The highest BCUT2D eigenvalue weighted by molar-refractivity contribution is 6.31. The zero-order chi connectivity index (χ0) is 16.6. The maximum Gasteiger partial charge on any atom is 0.269 e. The van der Waals surface area contributed by atoms with Gasteiger partial charge in [0.25, 0.3) is 5.56 Å². The minimum absolute atomic E-state index is 0.150. The van der Waals surface area contributed by atoms with E-state index in [0.717, 1.165) is 42.5 Å². The smallest absolute Gasteiger partial charge is 0.269 e. The Hall–Kier alpha value is -1.29. The first-order valence-corrected chi connectivity index (χ1v) is 9.04. The summed E-state index contributed by atoms with van der Waals surface area (Å²) in [6.45, 7) is 3.01. The fraction of sp³-hybridized carbons (Fsp3) is 0.667. The van der Waals surface area contributed by atoms with Crippen LogP contribution in [0.2, 0.25) is 5.02 Å². The third-order valence-corrected chi connectivity index (χ3v) is 5.93. The van der Waals surface area contributed by atoms with Gasteiger partial charge in [0.15, 0.2) is 0 Å². The van der Waals surface area contributed by atoms with E-state index in [-0.39, 0.29) is 22.4 Å². The molecule has 0 saturated heterocycles. The van der Waals surface area contributed by atoms with Gasteiger partial charge >= 0.3 is 0 Å². The number of hydrogen-bond acceptors (Lipinski definition) is 2. The summed E-state index contributed by atoms with van der Waals surface area (Å²) in [5.74, 6) is 0.406. The zero-order valence-corrected chi connectivity index (χ0v) is 14.8. The molecule has 1 aliphatic heterocycles. The molecule has 0 aromatic carbocycles. The maximum absolute atomic E-state index is 12.9. The van der Waals surface area contributed by atoms with E-state index in [4.69, 9.17) is 11.6 Å². The van der Waals surface area contributed by atoms with Gasteiger partial charge < -0.3 is 9.47 Å². The molecule has 1 aromatic rings. The molecule has 0 radical (unpaired) electrons. The van der Waals surface area contributed by atoms with Crippen molar-refractivity contribution < 1.29 is 4.79 Å². The Bertz CT molecular complexity index is 673. The van der Waals surface area contributed by atoms with Crippen molar-refractivity contribution in [2.45, 2.75) is 65.0 Å². The lowest BCUT2D eigenvalue weighted by molar-refractivity contribution is -0.136. The molecule has 2 heterocycles. The summed E-state index contributed by atoms with van der Waals surface area (Å²) in [5, 5.41) is 0.284. The number of carbonyl (C=O) groups is 1. The number of fused-ring (bicyclic) bond motifs is 1. The Balaban J connectivity index is 1.81. The standard InChI is InChI=1S/C18H25ClN2O2/c1-12-14-10-21(11-15(14)20(2)18(23)16(12)19)17(22)13-8-6-4-3-5-7-9-13/h13H,3-11H2,1-2H3. The summed E-state index contributed by atoms with van der Waals surface area (Å²) in [4.78, 5) is 27.0. The number of amides is 1. The molecule has 0 bridgehead atoms. The van der Waals surface area contributed by atoms with E-state index < -0.39 is 0 Å². The topological polar surface area (TPSA) is 42.3 Å². The summed E-state index contributed by atoms with van der Waals surface area (Å²) in [5.41, 5.74) is 2.66. The zero-order valence-electron chi connectivity index (χ0n) is 14.0. The Morgan fingerprint density at radius 1 is 1.09 bits per heavy atom. The second kappa shape index (κ2) is 6.68. The van der Waals surface area contributed by atoms with E-state index in [1.54, 1.807) is 11.6 Å². The van der Waals surface area contributed by atoms with Crippen LogP contribution in [0, 0.1) is 12.8 Å². The Labute approximate surface area is 142 Å². The second-order valence-electron chi connectivity index (χ2n) is 6.96. The first-order chi connectivity index (χ1) is 11.0. The SMILES string of the molecule is Cc1c2c(n(C)c(=O)c1Cl)CN(C(=O)C1CCCCCCC1)C2. The molecule has 1 saturated carbocycles. The molecule has 5 heteroatoms. The van der Waals surface area contributed by atoms with Gasteiger partial charge in [0.05, 0.1) is 6.54 Å². The van der Waals surface area contributed by atoms with E-state index in [0.29, 0.717) is 13.1 Å². The monoisotopic (exact) mass is 336 g/mol. The van der Waals surface area contributed by atoms with Gasteiger partial charge in [0.1, 0.15) is 5.02 Å². The van der Waals surface area contributed by atoms with E-state index in [1.165, 1.54) is 19.3 Å². The molecule has 4 nitrogen and oxygen atoms in total. The van der Waals surface area contributed by atoms with Crippen molar-refractivity contribution in [1.82, 2.24) is 9.47 Å². The number of hydrogen-bond donors (Lipinski definition) is 0. The Morgan fingerprint density at radius 3 is 2.35 bits per heavy atom. The number of nitrogens with zero attached hydrogens (tertiary/aromatic N) is 2. The van der Waals surface area contributed by atoms with E-state index in [2.05, 4.69) is 0 Å². The highest BCUT2D eigenvalue weighted by Gasteiger charge is 2.32. The molecule has 0 spiro atoms. The molecular formula is C18H25ClN2O2. The highest BCUT2D eigenvalue weighted by Crippen LogP contribution is 2.31. The van der Waals surface area contributed by atoms with Gasteiger partial charge in [-0.2, -0.15) is 0 Å². The van der Waals surface area contributed by atoms with Crippen LogP contribution < -0.4 is 5.56 Å².